The van der Waals surface area contributed by atoms with E-state index in [0.29, 0.717) is 6.42 Å². The number of hydrogen-bond donors (Lipinski definition) is 0. The number of halogens is 1. The fourth-order valence-electron chi connectivity index (χ4n) is 1.42. The van der Waals surface area contributed by atoms with Crippen LogP contribution in [0.15, 0.2) is 11.4 Å². The minimum Gasteiger partial charge on any atom is -0.425 e. The number of fused-ring (bicyclic) bond motifs is 1. The minimum absolute atomic E-state index is 0. The third-order valence-corrected chi connectivity index (χ3v) is 2.61. The summed E-state index contributed by atoms with van der Waals surface area (Å²) in [5, 5.41) is 2.51. The number of rotatable bonds is 1. The molecule has 0 aromatic rings. The summed E-state index contributed by atoms with van der Waals surface area (Å²) in [6.45, 7) is 5.86. The van der Waals surface area contributed by atoms with Crippen molar-refractivity contribution in [1.82, 2.24) is 0 Å². The summed E-state index contributed by atoms with van der Waals surface area (Å²) in [6.07, 6.45) is 3.42. The molecule has 0 aromatic heterocycles. The minimum atomic E-state index is 0. The van der Waals surface area contributed by atoms with Crippen LogP contribution in [0.4, 0.5) is 4.39 Å². The molecule has 0 aromatic carbocycles. The maximum absolute atomic E-state index is 12.4. The van der Waals surface area contributed by atoms with Gasteiger partial charge in [0.25, 0.3) is 0 Å². The van der Waals surface area contributed by atoms with Gasteiger partial charge >= 0.3 is 31.1 Å². The summed E-state index contributed by atoms with van der Waals surface area (Å²) in [6, 6.07) is 0. The van der Waals surface area contributed by atoms with Crippen molar-refractivity contribution in [2.45, 2.75) is 32.6 Å². The Morgan fingerprint density at radius 1 is 1.69 bits per heavy atom. The van der Waals surface area contributed by atoms with E-state index in [0.717, 1.165) is 24.8 Å². The molecule has 2 aliphatic carbocycles. The SMILES string of the molecule is CC[C-]=S.[CH2-]C12CCC(F)=C1C2.[U+2]. The van der Waals surface area contributed by atoms with Crippen molar-refractivity contribution >= 4 is 17.6 Å². The Morgan fingerprint density at radius 2 is 2.23 bits per heavy atom. The van der Waals surface area contributed by atoms with Gasteiger partial charge in [0.05, 0.1) is 5.83 Å². The quantitative estimate of drug-likeness (QED) is 0.461. The average Bonchev–Trinajstić information content (AvgIpc) is 2.68. The van der Waals surface area contributed by atoms with Crippen LogP contribution in [-0.4, -0.2) is 5.37 Å². The monoisotopic (exact) mass is 422 g/mol. The van der Waals surface area contributed by atoms with E-state index < -0.39 is 0 Å². The predicted molar refractivity (Wildman–Crippen MR) is 52.7 cm³/mol. The van der Waals surface area contributed by atoms with Crippen molar-refractivity contribution in [3.05, 3.63) is 18.3 Å². The molecule has 0 nitrogen and oxygen atoms in total. The van der Waals surface area contributed by atoms with E-state index >= 15 is 0 Å². The van der Waals surface area contributed by atoms with Gasteiger partial charge < -0.3 is 24.5 Å². The average molecular weight is 422 g/mol. The first-order valence-electron chi connectivity index (χ1n) is 4.22. The largest absolute Gasteiger partial charge is 2.00 e. The summed E-state index contributed by atoms with van der Waals surface area (Å²) in [5.74, 6) is 0.125. The Kier molecular flexibility index (Phi) is 5.99. The molecule has 3 heteroatoms. The van der Waals surface area contributed by atoms with Gasteiger partial charge in [-0.1, -0.05) is 18.9 Å². The summed E-state index contributed by atoms with van der Waals surface area (Å²) < 4.78 is 12.4. The molecule has 0 spiro atoms. The fourth-order valence-corrected chi connectivity index (χ4v) is 1.42. The Labute approximate surface area is 109 Å². The van der Waals surface area contributed by atoms with E-state index in [9.17, 15) is 4.39 Å². The first kappa shape index (κ1) is 13.8. The predicted octanol–water partition coefficient (Wildman–Crippen LogP) is 3.50. The second-order valence-corrected chi connectivity index (χ2v) is 3.63. The Balaban J connectivity index is 0.000000256. The molecule has 1 unspecified atom stereocenters. The van der Waals surface area contributed by atoms with Gasteiger partial charge in [0, 0.05) is 0 Å². The first-order valence-corrected chi connectivity index (χ1v) is 4.63. The number of thiocarbonyl (C=S) groups is 1. The molecule has 2 rings (SSSR count). The standard InChI is InChI=1S/C7H8F.C3H5S.U/c1-7-3-2-6(8)5(7)4-7;1-2-3-4;/h1-4H2;2H2,1H3;/q2*-1;+2. The molecule has 0 amide bonds. The third kappa shape index (κ3) is 3.46. The maximum Gasteiger partial charge on any atom is 2.00 e. The van der Waals surface area contributed by atoms with Crippen molar-refractivity contribution < 1.29 is 35.5 Å². The summed E-state index contributed by atoms with van der Waals surface area (Å²) in [4.78, 5) is 0. The van der Waals surface area contributed by atoms with E-state index in [-0.39, 0.29) is 42.4 Å². The molecule has 0 radical (unpaired) electrons. The zero-order valence-electron chi connectivity index (χ0n) is 7.82. The van der Waals surface area contributed by atoms with Gasteiger partial charge in [-0.3, -0.25) is 0 Å². The van der Waals surface area contributed by atoms with Gasteiger partial charge in [0.1, 0.15) is 0 Å². The molecule has 2 aliphatic rings. The van der Waals surface area contributed by atoms with E-state index in [2.05, 4.69) is 24.5 Å². The van der Waals surface area contributed by atoms with E-state index in [4.69, 9.17) is 0 Å². The van der Waals surface area contributed by atoms with Crippen molar-refractivity contribution in [2.24, 2.45) is 5.41 Å². The summed E-state index contributed by atoms with van der Waals surface area (Å²) >= 11 is 4.30. The van der Waals surface area contributed by atoms with Crippen LogP contribution in [0, 0.1) is 43.5 Å². The number of hydrogen-bond acceptors (Lipinski definition) is 1. The van der Waals surface area contributed by atoms with Gasteiger partial charge in [0.15, 0.2) is 0 Å². The van der Waals surface area contributed by atoms with Crippen molar-refractivity contribution in [3.63, 3.8) is 0 Å². The van der Waals surface area contributed by atoms with Crippen LogP contribution < -0.4 is 0 Å². The molecule has 70 valence electrons. The van der Waals surface area contributed by atoms with Crippen LogP contribution in [0.3, 0.4) is 0 Å². The Morgan fingerprint density at radius 3 is 2.31 bits per heavy atom. The van der Waals surface area contributed by atoms with Crippen LogP contribution in [0.5, 0.6) is 0 Å². The third-order valence-electron chi connectivity index (χ3n) is 2.33. The van der Waals surface area contributed by atoms with Crippen LogP contribution in [-0.2, 0) is 0 Å². The zero-order chi connectivity index (χ0) is 9.19. The van der Waals surface area contributed by atoms with Gasteiger partial charge in [0.2, 0.25) is 0 Å². The molecule has 0 N–H and O–H groups in total. The molecule has 0 bridgehead atoms. The van der Waals surface area contributed by atoms with Crippen LogP contribution >= 0.6 is 12.2 Å². The van der Waals surface area contributed by atoms with Gasteiger partial charge in [-0.15, -0.1) is 5.41 Å². The van der Waals surface area contributed by atoms with Crippen molar-refractivity contribution in [1.29, 1.82) is 0 Å². The van der Waals surface area contributed by atoms with Gasteiger partial charge in [-0.2, -0.15) is 6.42 Å². The van der Waals surface area contributed by atoms with E-state index in [1.807, 2.05) is 6.92 Å². The first-order chi connectivity index (χ1) is 5.64. The summed E-state index contributed by atoms with van der Waals surface area (Å²) in [7, 11) is 0. The van der Waals surface area contributed by atoms with Crippen LogP contribution in [0.2, 0.25) is 0 Å². The van der Waals surface area contributed by atoms with E-state index in [1.165, 1.54) is 0 Å². The molecule has 1 saturated carbocycles. The van der Waals surface area contributed by atoms with Gasteiger partial charge in [-0.05, 0) is 12.8 Å². The van der Waals surface area contributed by atoms with Crippen molar-refractivity contribution in [3.8, 4) is 0 Å². The molecular formula is C10H13FSU. The molecule has 13 heavy (non-hydrogen) atoms. The Hall–Kier alpha value is 0.812. The maximum atomic E-state index is 12.4. The topological polar surface area (TPSA) is 0 Å². The molecule has 0 heterocycles. The number of allylic oxidation sites excluding steroid dienone is 2. The second kappa shape index (κ2) is 5.63. The fraction of sp³-hybridized carbons (Fsp3) is 0.600. The summed E-state index contributed by atoms with van der Waals surface area (Å²) in [5.41, 5.74) is 1.09. The normalized spacial score (nSPS) is 28.2. The molecule has 1 fully saturated rings. The second-order valence-electron chi connectivity index (χ2n) is 3.34. The molecule has 0 saturated heterocycles. The molecule has 0 aliphatic heterocycles. The van der Waals surface area contributed by atoms with Crippen molar-refractivity contribution in [2.75, 3.05) is 0 Å². The molecular weight excluding hydrogens is 409 g/mol. The van der Waals surface area contributed by atoms with Gasteiger partial charge in [-0.25, -0.2) is 4.39 Å². The van der Waals surface area contributed by atoms with E-state index in [1.54, 1.807) is 0 Å². The Bertz CT molecular complexity index is 225. The smallest absolute Gasteiger partial charge is 0.425 e. The zero-order valence-corrected chi connectivity index (χ0v) is 12.8. The van der Waals surface area contributed by atoms with Crippen LogP contribution in [0.1, 0.15) is 32.6 Å². The molecule has 1 atom stereocenters. The van der Waals surface area contributed by atoms with Crippen LogP contribution in [0.25, 0.3) is 0 Å².